The summed E-state index contributed by atoms with van der Waals surface area (Å²) in [6.07, 6.45) is -1.95. The van der Waals surface area contributed by atoms with Crippen LogP contribution < -0.4 is 13.5 Å². The second-order valence-corrected chi connectivity index (χ2v) is 16.4. The minimum atomic E-state index is -4.21. The van der Waals surface area contributed by atoms with Gasteiger partial charge in [0.15, 0.2) is 0 Å². The van der Waals surface area contributed by atoms with E-state index in [0.29, 0.717) is 33.1 Å². The zero-order valence-electron chi connectivity index (χ0n) is 26.0. The third-order valence-electron chi connectivity index (χ3n) is 8.53. The molecule has 0 saturated carbocycles. The zero-order chi connectivity index (χ0) is 33.8. The van der Waals surface area contributed by atoms with Gasteiger partial charge in [-0.05, 0) is 74.5 Å². The van der Waals surface area contributed by atoms with E-state index in [2.05, 4.69) is 0 Å². The molecule has 1 N–H and O–H groups in total. The maximum atomic E-state index is 14.8. The van der Waals surface area contributed by atoms with E-state index in [-0.39, 0.29) is 15.5 Å². The summed E-state index contributed by atoms with van der Waals surface area (Å²) in [4.78, 5) is 14.0. The van der Waals surface area contributed by atoms with E-state index in [1.807, 2.05) is 18.7 Å². The average Bonchev–Trinajstić information content (AvgIpc) is 3.07. The number of hydrogen-bond acceptors (Lipinski definition) is 7. The van der Waals surface area contributed by atoms with Crippen LogP contribution in [0.3, 0.4) is 0 Å². The zero-order valence-corrected chi connectivity index (χ0v) is 28.4. The second-order valence-electron chi connectivity index (χ2n) is 11.7. The van der Waals surface area contributed by atoms with Crippen molar-refractivity contribution in [1.82, 2.24) is 0 Å². The van der Waals surface area contributed by atoms with Crippen molar-refractivity contribution in [3.8, 4) is 0 Å². The molecule has 5 aromatic rings. The van der Waals surface area contributed by atoms with Crippen molar-refractivity contribution in [2.24, 2.45) is 0 Å². The van der Waals surface area contributed by atoms with Gasteiger partial charge >= 0.3 is 5.97 Å². The Balaban J connectivity index is 1.51. The number of rotatable bonds is 8. The van der Waals surface area contributed by atoms with Crippen molar-refractivity contribution in [3.63, 3.8) is 0 Å². The minimum absolute atomic E-state index is 0.105. The molecular weight excluding hydrogens is 667 g/mol. The van der Waals surface area contributed by atoms with Crippen LogP contribution in [-0.2, 0) is 24.8 Å². The lowest BCUT2D eigenvalue weighted by Crippen LogP contribution is -2.59. The van der Waals surface area contributed by atoms with Crippen molar-refractivity contribution in [2.75, 3.05) is 19.3 Å². The van der Waals surface area contributed by atoms with E-state index < -0.39 is 38.3 Å². The van der Waals surface area contributed by atoms with E-state index in [9.17, 15) is 26.7 Å². The van der Waals surface area contributed by atoms with Crippen LogP contribution in [0, 0.1) is 13.8 Å². The first kappa shape index (κ1) is 31.8. The van der Waals surface area contributed by atoms with Crippen LogP contribution in [0.1, 0.15) is 34.6 Å². The number of benzene rings is 5. The molecular formula is C36H31N3O6S3. The molecule has 0 amide bonds. The largest absolute Gasteiger partial charge is 0.481 e. The molecule has 2 aliphatic heterocycles. The number of carboxylic acid groups (broad SMARTS) is 1. The van der Waals surface area contributed by atoms with Gasteiger partial charge in [-0.2, -0.15) is 0 Å². The van der Waals surface area contributed by atoms with Crippen LogP contribution in [0.5, 0.6) is 0 Å². The fraction of sp³-hybridized carbons (Fsp3) is 0.139. The SMILES string of the molecule is Cc1ccc(S(=O)(=O)N2c3ccccc3C3N(c4ccc(SCC(=O)O)cc4)C2c2ccccc2N3S(=O)(=O)c2ccc(C)cc2)cc1. The molecule has 9 nitrogen and oxygen atoms in total. The van der Waals surface area contributed by atoms with Crippen molar-refractivity contribution in [2.45, 2.75) is 40.9 Å². The Kier molecular flexibility index (Phi) is 7.97. The van der Waals surface area contributed by atoms with Crippen LogP contribution in [0.2, 0.25) is 0 Å². The number of thioether (sulfide) groups is 1. The van der Waals surface area contributed by atoms with Crippen molar-refractivity contribution < 1.29 is 26.7 Å². The third-order valence-corrected chi connectivity index (χ3v) is 13.1. The monoisotopic (exact) mass is 697 g/mol. The quantitative estimate of drug-likeness (QED) is 0.171. The summed E-state index contributed by atoms with van der Waals surface area (Å²) in [7, 11) is -8.42. The van der Waals surface area contributed by atoms with Crippen LogP contribution in [0.4, 0.5) is 17.1 Å². The summed E-state index contributed by atoms with van der Waals surface area (Å²) in [5.74, 6) is -1.07. The number of aryl methyl sites for hydroxylation is 2. The van der Waals surface area contributed by atoms with Gasteiger partial charge in [0, 0.05) is 21.7 Å². The molecule has 2 heterocycles. The van der Waals surface area contributed by atoms with Gasteiger partial charge in [-0.25, -0.2) is 25.4 Å². The number of para-hydroxylation sites is 2. The lowest BCUT2D eigenvalue weighted by atomic mass is 9.95. The highest BCUT2D eigenvalue weighted by Crippen LogP contribution is 2.57. The van der Waals surface area contributed by atoms with Crippen LogP contribution in [0.25, 0.3) is 0 Å². The highest BCUT2D eigenvalue weighted by Gasteiger charge is 2.54. The number of anilines is 3. The first-order chi connectivity index (χ1) is 23.0. The molecule has 48 heavy (non-hydrogen) atoms. The first-order valence-corrected chi connectivity index (χ1v) is 19.0. The van der Waals surface area contributed by atoms with Crippen molar-refractivity contribution in [1.29, 1.82) is 0 Å². The fourth-order valence-corrected chi connectivity index (χ4v) is 10.1. The molecule has 2 aliphatic rings. The molecule has 2 bridgehead atoms. The number of hydrogen-bond donors (Lipinski definition) is 1. The lowest BCUT2D eigenvalue weighted by molar-refractivity contribution is -0.133. The molecule has 7 rings (SSSR count). The summed E-state index contributed by atoms with van der Waals surface area (Å²) in [6, 6.07) is 34.5. The van der Waals surface area contributed by atoms with Crippen LogP contribution in [0.15, 0.2) is 136 Å². The molecule has 12 heteroatoms. The summed E-state index contributed by atoms with van der Waals surface area (Å²) in [6.45, 7) is 3.77. The predicted octanol–water partition coefficient (Wildman–Crippen LogP) is 7.10. The predicted molar refractivity (Wildman–Crippen MR) is 187 cm³/mol. The number of fused-ring (bicyclic) bond motifs is 6. The Morgan fingerprint density at radius 1 is 0.625 bits per heavy atom. The van der Waals surface area contributed by atoms with E-state index in [1.165, 1.54) is 8.61 Å². The van der Waals surface area contributed by atoms with Crippen molar-refractivity contribution in [3.05, 3.63) is 144 Å². The average molecular weight is 698 g/mol. The highest BCUT2D eigenvalue weighted by molar-refractivity contribution is 8.00. The topological polar surface area (TPSA) is 115 Å². The number of aliphatic carboxylic acids is 1. The summed E-state index contributed by atoms with van der Waals surface area (Å²) >= 11 is 1.16. The molecule has 0 fully saturated rings. The molecule has 0 radical (unpaired) electrons. The van der Waals surface area contributed by atoms with Gasteiger partial charge in [0.1, 0.15) is 12.3 Å². The van der Waals surface area contributed by atoms with Gasteiger partial charge in [0.2, 0.25) is 0 Å². The molecule has 2 atom stereocenters. The molecule has 0 aromatic heterocycles. The van der Waals surface area contributed by atoms with Crippen molar-refractivity contribution >= 4 is 54.8 Å². The maximum Gasteiger partial charge on any atom is 0.313 e. The van der Waals surface area contributed by atoms with Gasteiger partial charge in [-0.3, -0.25) is 4.79 Å². The first-order valence-electron chi connectivity index (χ1n) is 15.1. The Morgan fingerprint density at radius 3 is 1.46 bits per heavy atom. The third kappa shape index (κ3) is 5.29. The normalized spacial score (nSPS) is 17.1. The summed E-state index contributed by atoms with van der Waals surface area (Å²) in [5.41, 5.74) is 4.10. The van der Waals surface area contributed by atoms with Gasteiger partial charge in [0.05, 0.1) is 26.9 Å². The standard InChI is InChI=1S/C36H31N3O6S3/c1-24-11-19-28(20-12-24)47(42,43)38-32-9-5-3-7-30(32)36-37(26-15-17-27(18-16-26)46-23-34(40)41)35(38)31-8-4-6-10-33(31)39(36)48(44,45)29-21-13-25(2)14-22-29/h3-22,35-36H,23H2,1-2H3,(H,40,41). The van der Waals surface area contributed by atoms with Crippen LogP contribution in [-0.4, -0.2) is 33.7 Å². The molecule has 0 spiro atoms. The Labute approximate surface area is 284 Å². The molecule has 2 unspecified atom stereocenters. The van der Waals surface area contributed by atoms with E-state index in [1.54, 1.807) is 121 Å². The number of nitrogens with zero attached hydrogens (tertiary/aromatic N) is 3. The van der Waals surface area contributed by atoms with Gasteiger partial charge < -0.3 is 10.0 Å². The van der Waals surface area contributed by atoms with Gasteiger partial charge in [-0.1, -0.05) is 71.8 Å². The molecule has 0 saturated heterocycles. The second kappa shape index (κ2) is 12.0. The molecule has 0 aliphatic carbocycles. The Morgan fingerprint density at radius 2 is 1.04 bits per heavy atom. The van der Waals surface area contributed by atoms with Crippen LogP contribution >= 0.6 is 11.8 Å². The Bertz CT molecular complexity index is 2110. The number of carboxylic acids is 1. The van der Waals surface area contributed by atoms with Gasteiger partial charge in [-0.15, -0.1) is 11.8 Å². The summed E-state index contributed by atoms with van der Waals surface area (Å²) in [5, 5.41) is 9.20. The van der Waals surface area contributed by atoms with E-state index in [4.69, 9.17) is 0 Å². The number of sulfonamides is 2. The van der Waals surface area contributed by atoms with E-state index in [0.717, 1.165) is 22.9 Å². The highest BCUT2D eigenvalue weighted by atomic mass is 32.2. The lowest BCUT2D eigenvalue weighted by Gasteiger charge is -2.56. The summed E-state index contributed by atoms with van der Waals surface area (Å²) < 4.78 is 62.0. The fourth-order valence-electron chi connectivity index (χ4n) is 6.30. The van der Waals surface area contributed by atoms with E-state index >= 15 is 0 Å². The molecule has 5 aromatic carbocycles. The van der Waals surface area contributed by atoms with Gasteiger partial charge in [0.25, 0.3) is 20.0 Å². The number of carbonyl (C=O) groups is 1. The Hall–Kier alpha value is -4.78. The maximum absolute atomic E-state index is 14.8. The smallest absolute Gasteiger partial charge is 0.313 e. The minimum Gasteiger partial charge on any atom is -0.481 e. The molecule has 244 valence electrons.